The Labute approximate surface area is 60.7 Å². The van der Waals surface area contributed by atoms with Crippen molar-refractivity contribution in [3.63, 3.8) is 0 Å². The van der Waals surface area contributed by atoms with Crippen molar-refractivity contribution in [2.45, 2.75) is 31.8 Å². The lowest BCUT2D eigenvalue weighted by atomic mass is 10.3. The van der Waals surface area contributed by atoms with E-state index in [1.807, 2.05) is 13.8 Å². The summed E-state index contributed by atoms with van der Waals surface area (Å²) in [5, 5.41) is 3.21. The summed E-state index contributed by atoms with van der Waals surface area (Å²) in [6.45, 7) is 5.74. The molecule has 2 saturated heterocycles. The van der Waals surface area contributed by atoms with Gasteiger partial charge in [0.1, 0.15) is 6.10 Å². The average Bonchev–Trinajstić information content (AvgIpc) is 2.59. The Balaban J connectivity index is 1.92. The van der Waals surface area contributed by atoms with Gasteiger partial charge in [-0.05, 0) is 13.8 Å². The van der Waals surface area contributed by atoms with Gasteiger partial charge < -0.3 is 14.8 Å². The van der Waals surface area contributed by atoms with Crippen LogP contribution < -0.4 is 5.32 Å². The lowest BCUT2D eigenvalue weighted by molar-refractivity contribution is -0.138. The van der Waals surface area contributed by atoms with Crippen LogP contribution >= 0.6 is 0 Å². The fourth-order valence-electron chi connectivity index (χ4n) is 1.24. The summed E-state index contributed by atoms with van der Waals surface area (Å²) in [6, 6.07) is 0.557. The molecule has 0 aromatic carbocycles. The van der Waals surface area contributed by atoms with Crippen LogP contribution in [0.5, 0.6) is 0 Å². The van der Waals surface area contributed by atoms with Gasteiger partial charge in [0, 0.05) is 12.6 Å². The summed E-state index contributed by atoms with van der Waals surface area (Å²) in [6.07, 6.45) is 0.287. The van der Waals surface area contributed by atoms with Gasteiger partial charge in [-0.15, -0.1) is 0 Å². The molecule has 3 nitrogen and oxygen atoms in total. The number of rotatable bonds is 1. The van der Waals surface area contributed by atoms with Crippen molar-refractivity contribution in [3.05, 3.63) is 0 Å². The van der Waals surface area contributed by atoms with Crippen LogP contribution in [0.2, 0.25) is 0 Å². The predicted octanol–water partition coefficient (Wildman–Crippen LogP) is 0.110. The van der Waals surface area contributed by atoms with Gasteiger partial charge in [0.15, 0.2) is 5.79 Å². The van der Waals surface area contributed by atoms with Crippen LogP contribution in [0, 0.1) is 0 Å². The Hall–Kier alpha value is -0.120. The molecule has 0 aromatic heterocycles. The minimum Gasteiger partial charge on any atom is -0.348 e. The van der Waals surface area contributed by atoms with Gasteiger partial charge >= 0.3 is 0 Å². The molecule has 58 valence electrons. The fraction of sp³-hybridized carbons (Fsp3) is 1.00. The summed E-state index contributed by atoms with van der Waals surface area (Å²) < 4.78 is 11.0. The average molecular weight is 143 g/mol. The maximum Gasteiger partial charge on any atom is 0.163 e. The minimum atomic E-state index is -0.352. The molecule has 2 atom stereocenters. The second kappa shape index (κ2) is 1.94. The molecule has 1 unspecified atom stereocenters. The van der Waals surface area contributed by atoms with Crippen molar-refractivity contribution in [1.82, 2.24) is 5.32 Å². The molecule has 0 aliphatic carbocycles. The zero-order chi connectivity index (χ0) is 7.19. The van der Waals surface area contributed by atoms with E-state index in [1.54, 1.807) is 0 Å². The van der Waals surface area contributed by atoms with Gasteiger partial charge in [0.05, 0.1) is 6.61 Å². The molecule has 1 N–H and O–H groups in total. The Kier molecular flexibility index (Phi) is 1.27. The third-order valence-corrected chi connectivity index (χ3v) is 1.92. The van der Waals surface area contributed by atoms with Crippen LogP contribution in [0.25, 0.3) is 0 Å². The summed E-state index contributed by atoms with van der Waals surface area (Å²) in [5.74, 6) is -0.352. The van der Waals surface area contributed by atoms with E-state index in [-0.39, 0.29) is 11.9 Å². The number of nitrogens with one attached hydrogen (secondary N) is 1. The molecule has 0 saturated carbocycles. The van der Waals surface area contributed by atoms with Crippen LogP contribution in [0.15, 0.2) is 0 Å². The summed E-state index contributed by atoms with van der Waals surface area (Å²) in [7, 11) is 0. The molecule has 2 rings (SSSR count). The van der Waals surface area contributed by atoms with E-state index in [9.17, 15) is 0 Å². The molecule has 2 aliphatic rings. The normalized spacial score (nSPS) is 43.8. The quantitative estimate of drug-likeness (QED) is 0.530. The first-order chi connectivity index (χ1) is 4.67. The van der Waals surface area contributed by atoms with Gasteiger partial charge in [-0.2, -0.15) is 0 Å². The Bertz CT molecular complexity index is 143. The smallest absolute Gasteiger partial charge is 0.163 e. The second-order valence-corrected chi connectivity index (χ2v) is 3.38. The molecular weight excluding hydrogens is 130 g/mol. The number of ether oxygens (including phenoxy) is 2. The minimum absolute atomic E-state index is 0.287. The standard InChI is InChI=1S/C7H13NO2/c1-7(2)9-4-6(10-7)5-3-8-5/h5-6,8H,3-4H2,1-2H3/t5?,6-/m1/s1. The summed E-state index contributed by atoms with van der Waals surface area (Å²) in [5.41, 5.74) is 0. The van der Waals surface area contributed by atoms with Crippen LogP contribution in [0.1, 0.15) is 13.8 Å². The first-order valence-electron chi connectivity index (χ1n) is 3.72. The molecular formula is C7H13NO2. The highest BCUT2D eigenvalue weighted by atomic mass is 16.7. The number of hydrogen-bond donors (Lipinski definition) is 1. The van der Waals surface area contributed by atoms with Crippen LogP contribution in [0.4, 0.5) is 0 Å². The van der Waals surface area contributed by atoms with E-state index in [4.69, 9.17) is 9.47 Å². The van der Waals surface area contributed by atoms with E-state index in [0.717, 1.165) is 13.2 Å². The molecule has 0 amide bonds. The van der Waals surface area contributed by atoms with E-state index < -0.39 is 0 Å². The van der Waals surface area contributed by atoms with Crippen molar-refractivity contribution in [2.75, 3.05) is 13.2 Å². The van der Waals surface area contributed by atoms with Crippen molar-refractivity contribution >= 4 is 0 Å². The van der Waals surface area contributed by atoms with Crippen LogP contribution in [-0.4, -0.2) is 31.1 Å². The maximum absolute atomic E-state index is 5.59. The molecule has 0 bridgehead atoms. The molecule has 10 heavy (non-hydrogen) atoms. The zero-order valence-electron chi connectivity index (χ0n) is 6.39. The van der Waals surface area contributed by atoms with Gasteiger partial charge in [-0.3, -0.25) is 0 Å². The highest BCUT2D eigenvalue weighted by Gasteiger charge is 2.41. The van der Waals surface area contributed by atoms with Crippen molar-refractivity contribution in [1.29, 1.82) is 0 Å². The van der Waals surface area contributed by atoms with Gasteiger partial charge in [0.25, 0.3) is 0 Å². The van der Waals surface area contributed by atoms with Crippen molar-refractivity contribution in [2.24, 2.45) is 0 Å². The highest BCUT2D eigenvalue weighted by molar-refractivity contribution is 4.94. The molecule has 2 aliphatic heterocycles. The van der Waals surface area contributed by atoms with E-state index >= 15 is 0 Å². The number of hydrogen-bond acceptors (Lipinski definition) is 3. The van der Waals surface area contributed by atoms with Crippen molar-refractivity contribution in [3.8, 4) is 0 Å². The van der Waals surface area contributed by atoms with E-state index in [2.05, 4.69) is 5.32 Å². The van der Waals surface area contributed by atoms with Gasteiger partial charge in [0.2, 0.25) is 0 Å². The summed E-state index contributed by atoms with van der Waals surface area (Å²) >= 11 is 0. The molecule has 0 spiro atoms. The Morgan fingerprint density at radius 2 is 2.20 bits per heavy atom. The SMILES string of the molecule is CC1(C)OC[C@H](C2CN2)O1. The molecule has 0 aromatic rings. The third-order valence-electron chi connectivity index (χ3n) is 1.92. The van der Waals surface area contributed by atoms with E-state index in [1.165, 1.54) is 0 Å². The Morgan fingerprint density at radius 1 is 1.50 bits per heavy atom. The largest absolute Gasteiger partial charge is 0.348 e. The molecule has 2 heterocycles. The molecule has 2 fully saturated rings. The highest BCUT2D eigenvalue weighted by Crippen LogP contribution is 2.26. The van der Waals surface area contributed by atoms with Crippen LogP contribution in [0.3, 0.4) is 0 Å². The fourth-order valence-corrected chi connectivity index (χ4v) is 1.24. The van der Waals surface area contributed by atoms with Crippen LogP contribution in [-0.2, 0) is 9.47 Å². The van der Waals surface area contributed by atoms with E-state index in [0.29, 0.717) is 6.04 Å². The Morgan fingerprint density at radius 3 is 2.60 bits per heavy atom. The van der Waals surface area contributed by atoms with Gasteiger partial charge in [-0.25, -0.2) is 0 Å². The first kappa shape index (κ1) is 6.58. The molecule has 0 radical (unpaired) electrons. The summed E-state index contributed by atoms with van der Waals surface area (Å²) in [4.78, 5) is 0. The lowest BCUT2D eigenvalue weighted by Gasteiger charge is -2.16. The van der Waals surface area contributed by atoms with Crippen molar-refractivity contribution < 1.29 is 9.47 Å². The molecule has 3 heteroatoms. The first-order valence-corrected chi connectivity index (χ1v) is 3.72. The maximum atomic E-state index is 5.59. The lowest BCUT2D eigenvalue weighted by Crippen LogP contribution is -2.25. The predicted molar refractivity (Wildman–Crippen MR) is 36.7 cm³/mol. The second-order valence-electron chi connectivity index (χ2n) is 3.38. The van der Waals surface area contributed by atoms with Gasteiger partial charge in [-0.1, -0.05) is 0 Å². The zero-order valence-corrected chi connectivity index (χ0v) is 6.39. The topological polar surface area (TPSA) is 40.4 Å². The monoisotopic (exact) mass is 143 g/mol. The third kappa shape index (κ3) is 1.17.